The molecular formula is C22H28O5. The number of carbonyl (C=O) groups excluding carboxylic acids is 2. The zero-order chi connectivity index (χ0) is 19.2. The van der Waals surface area contributed by atoms with E-state index in [1.807, 2.05) is 6.07 Å². The Labute approximate surface area is 160 Å². The molecule has 0 radical (unpaired) electrons. The lowest BCUT2D eigenvalue weighted by Crippen LogP contribution is -2.42. The van der Waals surface area contributed by atoms with Gasteiger partial charge in [-0.2, -0.15) is 0 Å². The predicted octanol–water partition coefficient (Wildman–Crippen LogP) is 4.12. The van der Waals surface area contributed by atoms with E-state index in [-0.39, 0.29) is 18.0 Å². The number of carbonyl (C=O) groups is 2. The summed E-state index contributed by atoms with van der Waals surface area (Å²) in [5, 5.41) is 0. The van der Waals surface area contributed by atoms with E-state index in [1.54, 1.807) is 0 Å². The Balaban J connectivity index is 1.69. The fourth-order valence-corrected chi connectivity index (χ4v) is 5.90. The van der Waals surface area contributed by atoms with E-state index in [0.717, 1.165) is 44.1 Å². The molecule has 4 unspecified atom stereocenters. The Hall–Kier alpha value is -1.72. The number of ether oxygens (including phenoxy) is 1. The Morgan fingerprint density at radius 2 is 2.04 bits per heavy atom. The molecule has 5 heteroatoms. The highest BCUT2D eigenvalue weighted by Gasteiger charge is 2.54. The molecule has 3 aliphatic carbocycles. The Morgan fingerprint density at radius 1 is 1.22 bits per heavy atom. The van der Waals surface area contributed by atoms with Crippen LogP contribution < -0.4 is 4.74 Å². The molecule has 27 heavy (non-hydrogen) atoms. The van der Waals surface area contributed by atoms with Gasteiger partial charge in [0.25, 0.3) is 0 Å². The van der Waals surface area contributed by atoms with E-state index in [9.17, 15) is 9.59 Å². The third-order valence-corrected chi connectivity index (χ3v) is 7.20. The fourth-order valence-electron chi connectivity index (χ4n) is 5.90. The Bertz CT molecular complexity index is 770. The summed E-state index contributed by atoms with van der Waals surface area (Å²) in [7, 11) is 1.47. The molecule has 0 bridgehead atoms. The zero-order valence-corrected chi connectivity index (χ0v) is 16.4. The van der Waals surface area contributed by atoms with Crippen LogP contribution >= 0.6 is 0 Å². The molecule has 0 N–H and O–H groups in total. The van der Waals surface area contributed by atoms with Gasteiger partial charge in [-0.15, -0.1) is 0 Å². The van der Waals surface area contributed by atoms with Crippen LogP contribution in [0.3, 0.4) is 0 Å². The first kappa shape index (κ1) is 18.6. The Morgan fingerprint density at radius 3 is 2.78 bits per heavy atom. The summed E-state index contributed by atoms with van der Waals surface area (Å²) < 4.78 is 5.42. The number of fused-ring (bicyclic) bond motifs is 5. The SMILES string of the molecule is COOCc1cc2c(cc1OC(C)=O)CCC1C2CCC2(C)C(=O)CCC12. The van der Waals surface area contributed by atoms with E-state index < -0.39 is 0 Å². The minimum Gasteiger partial charge on any atom is -0.426 e. The molecule has 0 heterocycles. The summed E-state index contributed by atoms with van der Waals surface area (Å²) in [5.41, 5.74) is 3.33. The lowest BCUT2D eigenvalue weighted by Gasteiger charge is -2.48. The largest absolute Gasteiger partial charge is 0.426 e. The molecule has 3 aliphatic rings. The standard InChI is InChI=1S/C22H28O5/c1-13(23)27-20-11-14-4-5-17-16(18(14)10-15(20)12-26-25-3)8-9-22(2)19(17)6-7-21(22)24/h10-11,16-17,19H,4-9,12H2,1-3H3. The number of aryl methyl sites for hydroxylation is 1. The molecule has 1 aromatic rings. The van der Waals surface area contributed by atoms with Crippen LogP contribution in [-0.2, 0) is 32.4 Å². The second-order valence-corrected chi connectivity index (χ2v) is 8.51. The molecule has 0 amide bonds. The van der Waals surface area contributed by atoms with Crippen LogP contribution in [0.5, 0.6) is 5.75 Å². The second kappa shape index (κ2) is 7.02. The van der Waals surface area contributed by atoms with Gasteiger partial charge in [-0.3, -0.25) is 9.59 Å². The molecule has 5 nitrogen and oxygen atoms in total. The van der Waals surface area contributed by atoms with Gasteiger partial charge in [0, 0.05) is 24.3 Å². The van der Waals surface area contributed by atoms with E-state index >= 15 is 0 Å². The number of Topliss-reactive ketones (excluding diaryl/α,β-unsaturated/α-hetero) is 1. The molecule has 0 spiro atoms. The first-order chi connectivity index (χ1) is 12.9. The number of rotatable bonds is 4. The number of hydrogen-bond acceptors (Lipinski definition) is 5. The summed E-state index contributed by atoms with van der Waals surface area (Å²) in [6, 6.07) is 4.15. The van der Waals surface area contributed by atoms with Gasteiger partial charge in [0.05, 0.1) is 7.11 Å². The van der Waals surface area contributed by atoms with Crippen LogP contribution in [0.25, 0.3) is 0 Å². The molecule has 4 rings (SSSR count). The maximum Gasteiger partial charge on any atom is 0.308 e. The van der Waals surface area contributed by atoms with Crippen molar-refractivity contribution in [3.8, 4) is 5.75 Å². The summed E-state index contributed by atoms with van der Waals surface area (Å²) in [6.07, 6.45) is 5.89. The van der Waals surface area contributed by atoms with Gasteiger partial charge in [-0.1, -0.05) is 6.92 Å². The number of hydrogen-bond donors (Lipinski definition) is 0. The van der Waals surface area contributed by atoms with Gasteiger partial charge in [0.1, 0.15) is 18.1 Å². The van der Waals surface area contributed by atoms with Crippen molar-refractivity contribution >= 4 is 11.8 Å². The number of esters is 1. The quantitative estimate of drug-likeness (QED) is 0.344. The van der Waals surface area contributed by atoms with Crippen molar-refractivity contribution in [2.75, 3.05) is 7.11 Å². The first-order valence-corrected chi connectivity index (χ1v) is 9.97. The normalized spacial score (nSPS) is 31.8. The number of benzene rings is 1. The topological polar surface area (TPSA) is 61.8 Å². The smallest absolute Gasteiger partial charge is 0.308 e. The zero-order valence-electron chi connectivity index (χ0n) is 16.4. The molecule has 4 atom stereocenters. The van der Waals surface area contributed by atoms with Crippen molar-refractivity contribution < 1.29 is 24.1 Å². The lowest BCUT2D eigenvalue weighted by molar-refractivity contribution is -0.282. The average molecular weight is 372 g/mol. The van der Waals surface area contributed by atoms with Crippen molar-refractivity contribution in [1.82, 2.24) is 0 Å². The molecule has 0 aliphatic heterocycles. The van der Waals surface area contributed by atoms with Crippen molar-refractivity contribution in [3.63, 3.8) is 0 Å². The molecular weight excluding hydrogens is 344 g/mol. The van der Waals surface area contributed by atoms with Gasteiger partial charge in [-0.25, -0.2) is 9.78 Å². The highest BCUT2D eigenvalue weighted by molar-refractivity contribution is 5.87. The molecule has 1 aromatic carbocycles. The van der Waals surface area contributed by atoms with Crippen molar-refractivity contribution in [1.29, 1.82) is 0 Å². The van der Waals surface area contributed by atoms with Crippen LogP contribution in [0, 0.1) is 17.3 Å². The average Bonchev–Trinajstić information content (AvgIpc) is 2.94. The lowest BCUT2D eigenvalue weighted by atomic mass is 9.55. The van der Waals surface area contributed by atoms with Crippen LogP contribution in [0.2, 0.25) is 0 Å². The van der Waals surface area contributed by atoms with Gasteiger partial charge < -0.3 is 4.74 Å². The van der Waals surface area contributed by atoms with Crippen molar-refractivity contribution in [2.24, 2.45) is 17.3 Å². The van der Waals surface area contributed by atoms with Gasteiger partial charge in [-0.05, 0) is 73.1 Å². The predicted molar refractivity (Wildman–Crippen MR) is 99.2 cm³/mol. The third-order valence-electron chi connectivity index (χ3n) is 7.20. The van der Waals surface area contributed by atoms with E-state index in [2.05, 4.69) is 13.0 Å². The Kier molecular flexibility index (Phi) is 4.85. The number of ketones is 1. The molecule has 2 fully saturated rings. The third kappa shape index (κ3) is 3.11. The minimum absolute atomic E-state index is 0.113. The molecule has 0 aromatic heterocycles. The summed E-state index contributed by atoms with van der Waals surface area (Å²) in [5.74, 6) is 2.25. The van der Waals surface area contributed by atoms with Crippen LogP contribution in [0.1, 0.15) is 68.6 Å². The van der Waals surface area contributed by atoms with Crippen molar-refractivity contribution in [2.45, 2.75) is 64.9 Å². The summed E-state index contributed by atoms with van der Waals surface area (Å²) in [4.78, 5) is 33.9. The second-order valence-electron chi connectivity index (χ2n) is 8.51. The summed E-state index contributed by atoms with van der Waals surface area (Å²) in [6.45, 7) is 3.85. The van der Waals surface area contributed by atoms with E-state index in [1.165, 1.54) is 25.2 Å². The first-order valence-electron chi connectivity index (χ1n) is 9.97. The van der Waals surface area contributed by atoms with Crippen LogP contribution in [0.4, 0.5) is 0 Å². The minimum atomic E-state index is -0.333. The summed E-state index contributed by atoms with van der Waals surface area (Å²) >= 11 is 0. The van der Waals surface area contributed by atoms with Crippen molar-refractivity contribution in [3.05, 3.63) is 28.8 Å². The molecule has 0 saturated heterocycles. The van der Waals surface area contributed by atoms with Crippen LogP contribution in [-0.4, -0.2) is 18.9 Å². The maximum atomic E-state index is 12.5. The highest BCUT2D eigenvalue weighted by Crippen LogP contribution is 2.59. The molecule has 2 saturated carbocycles. The van der Waals surface area contributed by atoms with Crippen LogP contribution in [0.15, 0.2) is 12.1 Å². The monoisotopic (exact) mass is 372 g/mol. The van der Waals surface area contributed by atoms with E-state index in [0.29, 0.717) is 29.3 Å². The maximum absolute atomic E-state index is 12.5. The van der Waals surface area contributed by atoms with Gasteiger partial charge in [0.15, 0.2) is 0 Å². The van der Waals surface area contributed by atoms with Gasteiger partial charge in [0.2, 0.25) is 0 Å². The highest BCUT2D eigenvalue weighted by atomic mass is 17.2. The fraction of sp³-hybridized carbons (Fsp3) is 0.636. The molecule has 146 valence electrons. The van der Waals surface area contributed by atoms with Gasteiger partial charge >= 0.3 is 5.97 Å². The van der Waals surface area contributed by atoms with E-state index in [4.69, 9.17) is 14.5 Å².